The van der Waals surface area contributed by atoms with E-state index in [4.69, 9.17) is 11.6 Å². The molecule has 11 heteroatoms. The standard InChI is InChI=1S/C20H18ClF3N2O4S/c21-13-2-1-11(19(28)25-12-8-14(22)18(24)15(23)9-12)7-16(13)31(29,30)26-6-3-17(27)20(10-26)4-5-20/h1-2,7-9,17,27H,3-6,10H2,(H,25,28). The molecule has 0 aromatic heterocycles. The molecule has 2 aromatic rings. The summed E-state index contributed by atoms with van der Waals surface area (Å²) in [5, 5.41) is 12.3. The molecule has 1 saturated heterocycles. The molecule has 1 unspecified atom stereocenters. The fourth-order valence-electron chi connectivity index (χ4n) is 3.78. The van der Waals surface area contributed by atoms with E-state index in [-0.39, 0.29) is 34.3 Å². The van der Waals surface area contributed by atoms with Crippen LogP contribution in [0.3, 0.4) is 0 Å². The Morgan fingerprint density at radius 1 is 1.16 bits per heavy atom. The summed E-state index contributed by atoms with van der Waals surface area (Å²) in [5.41, 5.74) is -0.878. The Balaban J connectivity index is 1.60. The Hall–Kier alpha value is -2.14. The van der Waals surface area contributed by atoms with Crippen LogP contribution < -0.4 is 5.32 Å². The van der Waals surface area contributed by atoms with Gasteiger partial charge in [-0.15, -0.1) is 0 Å². The van der Waals surface area contributed by atoms with E-state index >= 15 is 0 Å². The normalized spacial score (nSPS) is 20.6. The van der Waals surface area contributed by atoms with Crippen LogP contribution in [-0.2, 0) is 10.0 Å². The van der Waals surface area contributed by atoms with Gasteiger partial charge in [0.2, 0.25) is 10.0 Å². The van der Waals surface area contributed by atoms with Gasteiger partial charge in [0.15, 0.2) is 17.5 Å². The Morgan fingerprint density at radius 3 is 2.42 bits per heavy atom. The van der Waals surface area contributed by atoms with Crippen molar-refractivity contribution in [3.63, 3.8) is 0 Å². The third kappa shape index (κ3) is 4.05. The fourth-order valence-corrected chi connectivity index (χ4v) is 5.83. The second kappa shape index (κ2) is 7.77. The van der Waals surface area contributed by atoms with Crippen molar-refractivity contribution in [2.24, 2.45) is 5.41 Å². The van der Waals surface area contributed by atoms with E-state index in [9.17, 15) is 31.5 Å². The summed E-state index contributed by atoms with van der Waals surface area (Å²) in [5.74, 6) is -5.48. The molecule has 1 aliphatic heterocycles. The maximum absolute atomic E-state index is 13.4. The van der Waals surface area contributed by atoms with E-state index in [0.29, 0.717) is 18.6 Å². The number of carbonyl (C=O) groups is 1. The lowest BCUT2D eigenvalue weighted by atomic mass is 9.93. The van der Waals surface area contributed by atoms with Crippen molar-refractivity contribution in [2.45, 2.75) is 30.3 Å². The predicted octanol–water partition coefficient (Wildman–Crippen LogP) is 3.55. The first-order chi connectivity index (χ1) is 14.5. The molecule has 1 amide bonds. The molecule has 1 spiro atoms. The highest BCUT2D eigenvalue weighted by atomic mass is 35.5. The summed E-state index contributed by atoms with van der Waals surface area (Å²) in [6.45, 7) is 0.281. The van der Waals surface area contributed by atoms with Crippen molar-refractivity contribution < 1.29 is 31.5 Å². The van der Waals surface area contributed by atoms with Gasteiger partial charge in [-0.25, -0.2) is 21.6 Å². The molecule has 2 fully saturated rings. The van der Waals surface area contributed by atoms with Gasteiger partial charge >= 0.3 is 0 Å². The zero-order valence-corrected chi connectivity index (χ0v) is 17.6. The highest BCUT2D eigenvalue weighted by Crippen LogP contribution is 2.53. The van der Waals surface area contributed by atoms with Gasteiger partial charge in [0.1, 0.15) is 4.90 Å². The van der Waals surface area contributed by atoms with Crippen molar-refractivity contribution in [1.29, 1.82) is 0 Å². The summed E-state index contributed by atoms with van der Waals surface area (Å²) >= 11 is 6.11. The molecule has 1 heterocycles. The van der Waals surface area contributed by atoms with Crippen LogP contribution in [0.15, 0.2) is 35.2 Å². The zero-order valence-electron chi connectivity index (χ0n) is 16.0. The van der Waals surface area contributed by atoms with Crippen LogP contribution in [0.5, 0.6) is 0 Å². The molecular formula is C20H18ClF3N2O4S. The molecular weight excluding hydrogens is 457 g/mol. The van der Waals surface area contributed by atoms with Crippen molar-refractivity contribution in [3.05, 3.63) is 58.4 Å². The Morgan fingerprint density at radius 2 is 1.81 bits per heavy atom. The van der Waals surface area contributed by atoms with Crippen LogP contribution in [0.4, 0.5) is 18.9 Å². The number of halogens is 4. The Kier molecular flexibility index (Phi) is 5.53. The van der Waals surface area contributed by atoms with Crippen LogP contribution in [0.1, 0.15) is 29.6 Å². The van der Waals surface area contributed by atoms with E-state index < -0.39 is 44.9 Å². The van der Waals surface area contributed by atoms with Crippen LogP contribution in [0.2, 0.25) is 5.02 Å². The van der Waals surface area contributed by atoms with E-state index in [0.717, 1.165) is 18.9 Å². The third-order valence-corrected chi connectivity index (χ3v) is 8.12. The summed E-state index contributed by atoms with van der Waals surface area (Å²) in [7, 11) is -4.05. The number of sulfonamides is 1. The quantitative estimate of drug-likeness (QED) is 0.664. The fraction of sp³-hybridized carbons (Fsp3) is 0.350. The number of piperidine rings is 1. The van der Waals surface area contributed by atoms with Gasteiger partial charge in [-0.3, -0.25) is 4.79 Å². The lowest BCUT2D eigenvalue weighted by Crippen LogP contribution is -2.47. The number of nitrogens with one attached hydrogen (secondary N) is 1. The van der Waals surface area contributed by atoms with Crippen LogP contribution in [0.25, 0.3) is 0 Å². The Labute approximate surface area is 181 Å². The van der Waals surface area contributed by atoms with Gasteiger partial charge < -0.3 is 10.4 Å². The molecule has 0 bridgehead atoms. The molecule has 1 atom stereocenters. The molecule has 166 valence electrons. The number of aliphatic hydroxyl groups excluding tert-OH is 1. The number of aliphatic hydroxyl groups is 1. The summed E-state index contributed by atoms with van der Waals surface area (Å²) in [6, 6.07) is 4.79. The minimum Gasteiger partial charge on any atom is -0.392 e. The van der Waals surface area contributed by atoms with E-state index in [1.54, 1.807) is 0 Å². The maximum atomic E-state index is 13.4. The number of anilines is 1. The number of rotatable bonds is 4. The molecule has 2 aromatic carbocycles. The van der Waals surface area contributed by atoms with Crippen LogP contribution in [-0.4, -0.2) is 42.9 Å². The number of hydrogen-bond acceptors (Lipinski definition) is 4. The molecule has 1 saturated carbocycles. The first-order valence-corrected chi connectivity index (χ1v) is 11.3. The van der Waals surface area contributed by atoms with Crippen molar-refractivity contribution in [1.82, 2.24) is 4.31 Å². The first-order valence-electron chi connectivity index (χ1n) is 9.47. The summed E-state index contributed by atoms with van der Waals surface area (Å²) in [6.07, 6.45) is 1.23. The number of hydrogen-bond donors (Lipinski definition) is 2. The van der Waals surface area contributed by atoms with Gasteiger partial charge in [0.25, 0.3) is 5.91 Å². The highest BCUT2D eigenvalue weighted by molar-refractivity contribution is 7.89. The van der Waals surface area contributed by atoms with Gasteiger partial charge in [0, 0.05) is 41.9 Å². The first kappa shape index (κ1) is 22.1. The zero-order chi connectivity index (χ0) is 22.6. The summed E-state index contributed by atoms with van der Waals surface area (Å²) < 4.78 is 67.5. The van der Waals surface area contributed by atoms with Crippen molar-refractivity contribution in [3.8, 4) is 0 Å². The van der Waals surface area contributed by atoms with Crippen molar-refractivity contribution in [2.75, 3.05) is 18.4 Å². The molecule has 6 nitrogen and oxygen atoms in total. The van der Waals surface area contributed by atoms with E-state index in [1.807, 2.05) is 0 Å². The largest absolute Gasteiger partial charge is 0.392 e. The molecule has 2 aliphatic rings. The lowest BCUT2D eigenvalue weighted by Gasteiger charge is -2.35. The highest BCUT2D eigenvalue weighted by Gasteiger charge is 2.54. The molecule has 0 radical (unpaired) electrons. The third-order valence-electron chi connectivity index (χ3n) is 5.80. The van der Waals surface area contributed by atoms with Crippen LogP contribution in [0, 0.1) is 22.9 Å². The van der Waals surface area contributed by atoms with Gasteiger partial charge in [-0.1, -0.05) is 11.6 Å². The smallest absolute Gasteiger partial charge is 0.255 e. The van der Waals surface area contributed by atoms with Gasteiger partial charge in [0.05, 0.1) is 11.1 Å². The van der Waals surface area contributed by atoms with Gasteiger partial charge in [-0.05, 0) is 37.5 Å². The van der Waals surface area contributed by atoms with Crippen molar-refractivity contribution >= 4 is 33.2 Å². The molecule has 4 rings (SSSR count). The van der Waals surface area contributed by atoms with Gasteiger partial charge in [-0.2, -0.15) is 4.31 Å². The van der Waals surface area contributed by atoms with E-state index in [2.05, 4.69) is 5.32 Å². The number of benzene rings is 2. The predicted molar refractivity (Wildman–Crippen MR) is 107 cm³/mol. The second-order valence-corrected chi connectivity index (χ2v) is 10.2. The molecule has 31 heavy (non-hydrogen) atoms. The topological polar surface area (TPSA) is 86.7 Å². The SMILES string of the molecule is O=C(Nc1cc(F)c(F)c(F)c1)c1ccc(Cl)c(S(=O)(=O)N2CCC(O)C3(CC3)C2)c1. The lowest BCUT2D eigenvalue weighted by molar-refractivity contribution is 0.0388. The number of amides is 1. The number of nitrogens with zero attached hydrogens (tertiary/aromatic N) is 1. The minimum absolute atomic E-state index is 0.0913. The molecule has 1 aliphatic carbocycles. The maximum Gasteiger partial charge on any atom is 0.255 e. The average Bonchev–Trinajstić information content (AvgIpc) is 3.48. The van der Waals surface area contributed by atoms with Crippen LogP contribution >= 0.6 is 11.6 Å². The Bertz CT molecular complexity index is 1150. The molecule has 2 N–H and O–H groups in total. The second-order valence-electron chi connectivity index (χ2n) is 7.86. The summed E-state index contributed by atoms with van der Waals surface area (Å²) in [4.78, 5) is 12.2. The number of carbonyl (C=O) groups excluding carboxylic acids is 1. The average molecular weight is 475 g/mol. The monoisotopic (exact) mass is 474 g/mol. The minimum atomic E-state index is -4.05. The van der Waals surface area contributed by atoms with E-state index in [1.165, 1.54) is 16.4 Å².